The van der Waals surface area contributed by atoms with Crippen LogP contribution >= 0.6 is 0 Å². The number of para-hydroxylation sites is 1. The standard InChI is InChI=1S/C18H17N3O3/c1-23-15-10-6-5-9-14(15)12-19-18(22)20-17-11-16(24-21-17)13-7-3-2-4-8-13/h2-11H,12H2,1H3,(H2,19,20,21,22). The van der Waals surface area contributed by atoms with Crippen molar-refractivity contribution in [2.45, 2.75) is 6.54 Å². The quantitative estimate of drug-likeness (QED) is 0.751. The van der Waals surface area contributed by atoms with E-state index in [1.54, 1.807) is 13.2 Å². The maximum Gasteiger partial charge on any atom is 0.320 e. The molecule has 1 aromatic heterocycles. The van der Waals surface area contributed by atoms with E-state index in [2.05, 4.69) is 15.8 Å². The number of benzene rings is 2. The van der Waals surface area contributed by atoms with Crippen molar-refractivity contribution in [3.8, 4) is 17.1 Å². The van der Waals surface area contributed by atoms with Gasteiger partial charge in [0.15, 0.2) is 11.6 Å². The highest BCUT2D eigenvalue weighted by molar-refractivity contribution is 5.88. The second-order valence-corrected chi connectivity index (χ2v) is 5.06. The summed E-state index contributed by atoms with van der Waals surface area (Å²) in [7, 11) is 1.60. The minimum Gasteiger partial charge on any atom is -0.496 e. The zero-order valence-corrected chi connectivity index (χ0v) is 13.2. The minimum atomic E-state index is -0.367. The molecule has 6 heteroatoms. The smallest absolute Gasteiger partial charge is 0.320 e. The Bertz CT molecular complexity index is 815. The van der Waals surface area contributed by atoms with Crippen LogP contribution in [0.3, 0.4) is 0 Å². The Labute approximate surface area is 139 Å². The van der Waals surface area contributed by atoms with Gasteiger partial charge in [-0.3, -0.25) is 5.32 Å². The lowest BCUT2D eigenvalue weighted by Crippen LogP contribution is -2.28. The molecule has 0 aliphatic rings. The number of hydrogen-bond acceptors (Lipinski definition) is 4. The van der Waals surface area contributed by atoms with Gasteiger partial charge in [-0.2, -0.15) is 0 Å². The molecule has 0 saturated heterocycles. The van der Waals surface area contributed by atoms with Crippen LogP contribution in [0.15, 0.2) is 65.2 Å². The molecule has 0 fully saturated rings. The zero-order chi connectivity index (χ0) is 16.8. The molecule has 6 nitrogen and oxygen atoms in total. The molecule has 3 aromatic rings. The monoisotopic (exact) mass is 323 g/mol. The number of rotatable bonds is 5. The van der Waals surface area contributed by atoms with Crippen LogP contribution in [-0.2, 0) is 6.54 Å². The summed E-state index contributed by atoms with van der Waals surface area (Å²) in [6, 6.07) is 18.4. The summed E-state index contributed by atoms with van der Waals surface area (Å²) >= 11 is 0. The van der Waals surface area contributed by atoms with E-state index in [1.165, 1.54) is 0 Å². The van der Waals surface area contributed by atoms with Crippen LogP contribution in [0, 0.1) is 0 Å². The van der Waals surface area contributed by atoms with Crippen LogP contribution < -0.4 is 15.4 Å². The third kappa shape index (κ3) is 3.73. The van der Waals surface area contributed by atoms with E-state index in [-0.39, 0.29) is 6.03 Å². The molecule has 122 valence electrons. The Hall–Kier alpha value is -3.28. The van der Waals surface area contributed by atoms with Crippen molar-refractivity contribution in [2.75, 3.05) is 12.4 Å². The van der Waals surface area contributed by atoms with Crippen molar-refractivity contribution in [1.82, 2.24) is 10.5 Å². The molecule has 0 atom stereocenters. The van der Waals surface area contributed by atoms with Gasteiger partial charge in [0, 0.05) is 23.7 Å². The Balaban J connectivity index is 1.58. The van der Waals surface area contributed by atoms with Crippen LogP contribution in [0.1, 0.15) is 5.56 Å². The third-order valence-electron chi connectivity index (χ3n) is 3.44. The van der Waals surface area contributed by atoms with E-state index in [9.17, 15) is 4.79 Å². The van der Waals surface area contributed by atoms with Gasteiger partial charge in [-0.1, -0.05) is 53.7 Å². The Morgan fingerprint density at radius 3 is 2.67 bits per heavy atom. The normalized spacial score (nSPS) is 10.2. The number of urea groups is 1. The van der Waals surface area contributed by atoms with Crippen LogP contribution in [0.5, 0.6) is 5.75 Å². The molecule has 0 saturated carbocycles. The Morgan fingerprint density at radius 1 is 1.12 bits per heavy atom. The number of ether oxygens (including phenoxy) is 1. The number of nitrogens with one attached hydrogen (secondary N) is 2. The number of hydrogen-bond donors (Lipinski definition) is 2. The van der Waals surface area contributed by atoms with Crippen molar-refractivity contribution in [2.24, 2.45) is 0 Å². The topological polar surface area (TPSA) is 76.4 Å². The number of amides is 2. The first kappa shape index (κ1) is 15.6. The average Bonchev–Trinajstić information content (AvgIpc) is 3.09. The van der Waals surface area contributed by atoms with Gasteiger partial charge in [0.2, 0.25) is 0 Å². The van der Waals surface area contributed by atoms with Gasteiger partial charge < -0.3 is 14.6 Å². The lowest BCUT2D eigenvalue weighted by Gasteiger charge is -2.09. The summed E-state index contributed by atoms with van der Waals surface area (Å²) < 4.78 is 10.5. The maximum atomic E-state index is 12.0. The first-order chi connectivity index (χ1) is 11.8. The SMILES string of the molecule is COc1ccccc1CNC(=O)Nc1cc(-c2ccccc2)on1. The van der Waals surface area contributed by atoms with Crippen molar-refractivity contribution in [3.63, 3.8) is 0 Å². The van der Waals surface area contributed by atoms with E-state index in [0.29, 0.717) is 18.1 Å². The lowest BCUT2D eigenvalue weighted by atomic mass is 10.2. The van der Waals surface area contributed by atoms with Crippen molar-refractivity contribution < 1.29 is 14.1 Å². The first-order valence-corrected chi connectivity index (χ1v) is 7.45. The summed E-state index contributed by atoms with van der Waals surface area (Å²) in [6.07, 6.45) is 0. The van der Waals surface area contributed by atoms with Gasteiger partial charge in [-0.05, 0) is 6.07 Å². The molecule has 0 unspecified atom stereocenters. The fourth-order valence-electron chi connectivity index (χ4n) is 2.26. The highest BCUT2D eigenvalue weighted by Crippen LogP contribution is 2.22. The summed E-state index contributed by atoms with van der Waals surface area (Å²) in [5, 5.41) is 9.25. The summed E-state index contributed by atoms with van der Waals surface area (Å²) in [5.74, 6) is 1.67. The molecule has 0 bridgehead atoms. The molecule has 24 heavy (non-hydrogen) atoms. The Morgan fingerprint density at radius 2 is 1.88 bits per heavy atom. The fraction of sp³-hybridized carbons (Fsp3) is 0.111. The van der Waals surface area contributed by atoms with Crippen LogP contribution in [-0.4, -0.2) is 18.3 Å². The predicted molar refractivity (Wildman–Crippen MR) is 90.8 cm³/mol. The number of carbonyl (C=O) groups is 1. The van der Waals surface area contributed by atoms with E-state index in [0.717, 1.165) is 16.9 Å². The first-order valence-electron chi connectivity index (χ1n) is 7.45. The number of anilines is 1. The molecule has 0 aliphatic heterocycles. The van der Waals surface area contributed by atoms with Gasteiger partial charge in [0.25, 0.3) is 0 Å². The fourth-order valence-corrected chi connectivity index (χ4v) is 2.26. The van der Waals surface area contributed by atoms with Crippen molar-refractivity contribution in [1.29, 1.82) is 0 Å². The summed E-state index contributed by atoms with van der Waals surface area (Å²) in [6.45, 7) is 0.346. The summed E-state index contributed by atoms with van der Waals surface area (Å²) in [4.78, 5) is 12.0. The average molecular weight is 323 g/mol. The Kier molecular flexibility index (Phi) is 4.76. The number of methoxy groups -OCH3 is 1. The van der Waals surface area contributed by atoms with Gasteiger partial charge in [0.05, 0.1) is 7.11 Å². The van der Waals surface area contributed by atoms with Crippen molar-refractivity contribution >= 4 is 11.8 Å². The molecule has 2 aromatic carbocycles. The molecular weight excluding hydrogens is 306 g/mol. The van der Waals surface area contributed by atoms with Gasteiger partial charge in [-0.15, -0.1) is 0 Å². The number of carbonyl (C=O) groups excluding carboxylic acids is 1. The lowest BCUT2D eigenvalue weighted by molar-refractivity contribution is 0.251. The van der Waals surface area contributed by atoms with E-state index >= 15 is 0 Å². The van der Waals surface area contributed by atoms with Gasteiger partial charge in [-0.25, -0.2) is 4.79 Å². The molecule has 0 aliphatic carbocycles. The molecule has 2 amide bonds. The highest BCUT2D eigenvalue weighted by atomic mass is 16.5. The molecule has 0 radical (unpaired) electrons. The maximum absolute atomic E-state index is 12.0. The second kappa shape index (κ2) is 7.32. The molecule has 2 N–H and O–H groups in total. The van der Waals surface area contributed by atoms with E-state index in [4.69, 9.17) is 9.26 Å². The van der Waals surface area contributed by atoms with Crippen LogP contribution in [0.25, 0.3) is 11.3 Å². The van der Waals surface area contributed by atoms with Gasteiger partial charge in [0.1, 0.15) is 5.75 Å². The third-order valence-corrected chi connectivity index (χ3v) is 3.44. The van der Waals surface area contributed by atoms with Crippen LogP contribution in [0.4, 0.5) is 10.6 Å². The zero-order valence-electron chi connectivity index (χ0n) is 13.2. The molecular formula is C18H17N3O3. The summed E-state index contributed by atoms with van der Waals surface area (Å²) in [5.41, 5.74) is 1.78. The van der Waals surface area contributed by atoms with Crippen molar-refractivity contribution in [3.05, 3.63) is 66.2 Å². The molecule has 0 spiro atoms. The number of nitrogens with zero attached hydrogens (tertiary/aromatic N) is 1. The number of aromatic nitrogens is 1. The van der Waals surface area contributed by atoms with Crippen LogP contribution in [0.2, 0.25) is 0 Å². The van der Waals surface area contributed by atoms with Gasteiger partial charge >= 0.3 is 6.03 Å². The predicted octanol–water partition coefficient (Wildman–Crippen LogP) is 3.67. The molecule has 3 rings (SSSR count). The van der Waals surface area contributed by atoms with E-state index < -0.39 is 0 Å². The highest BCUT2D eigenvalue weighted by Gasteiger charge is 2.10. The molecule has 1 heterocycles. The minimum absolute atomic E-state index is 0.346. The second-order valence-electron chi connectivity index (χ2n) is 5.06. The van der Waals surface area contributed by atoms with E-state index in [1.807, 2.05) is 54.6 Å². The largest absolute Gasteiger partial charge is 0.496 e.